The van der Waals surface area contributed by atoms with E-state index in [0.29, 0.717) is 11.5 Å². The average molecular weight is 737 g/mol. The molecule has 4 rings (SSSR count). The van der Waals surface area contributed by atoms with Crippen LogP contribution in [0.1, 0.15) is 37.5 Å². The molecule has 0 aliphatic heterocycles. The number of halogens is 1. The fourth-order valence-electron chi connectivity index (χ4n) is 5.14. The lowest BCUT2D eigenvalue weighted by Crippen LogP contribution is -2.56. The van der Waals surface area contributed by atoms with Crippen LogP contribution in [0, 0.1) is 6.92 Å². The fraction of sp³-hybridized carbons (Fsp3) is 0.297. The third kappa shape index (κ3) is 9.38. The molecule has 1 atom stereocenters. The number of hydrogen-bond donors (Lipinski definition) is 1. The number of ether oxygens (including phenoxy) is 2. The van der Waals surface area contributed by atoms with Gasteiger partial charge in [0.1, 0.15) is 12.6 Å². The van der Waals surface area contributed by atoms with E-state index in [2.05, 4.69) is 21.2 Å². The molecule has 4 aromatic rings. The molecule has 0 bridgehead atoms. The van der Waals surface area contributed by atoms with Gasteiger partial charge in [-0.2, -0.15) is 0 Å². The average Bonchev–Trinajstić information content (AvgIpc) is 3.05. The van der Waals surface area contributed by atoms with Crippen molar-refractivity contribution in [2.75, 3.05) is 25.1 Å². The number of nitrogens with one attached hydrogen (secondary N) is 1. The third-order valence-electron chi connectivity index (χ3n) is 7.58. The van der Waals surface area contributed by atoms with Gasteiger partial charge >= 0.3 is 0 Å². The highest BCUT2D eigenvalue weighted by atomic mass is 79.9. The van der Waals surface area contributed by atoms with Crippen molar-refractivity contribution >= 4 is 43.5 Å². The first-order valence-corrected chi connectivity index (χ1v) is 17.7. The van der Waals surface area contributed by atoms with E-state index in [1.54, 1.807) is 24.3 Å². The highest BCUT2D eigenvalue weighted by molar-refractivity contribution is 9.10. The zero-order valence-corrected chi connectivity index (χ0v) is 30.5. The van der Waals surface area contributed by atoms with Crippen LogP contribution >= 0.6 is 15.9 Å². The van der Waals surface area contributed by atoms with E-state index in [-0.39, 0.29) is 29.5 Å². The molecule has 0 unspecified atom stereocenters. The Morgan fingerprint density at radius 2 is 1.46 bits per heavy atom. The maximum Gasteiger partial charge on any atom is 0.264 e. The second-order valence-corrected chi connectivity index (χ2v) is 15.2. The van der Waals surface area contributed by atoms with Crippen molar-refractivity contribution < 1.29 is 27.5 Å². The van der Waals surface area contributed by atoms with E-state index in [0.717, 1.165) is 25.5 Å². The molecule has 9 nitrogen and oxygen atoms in total. The molecule has 2 amide bonds. The summed E-state index contributed by atoms with van der Waals surface area (Å²) >= 11 is 3.46. The zero-order chi connectivity index (χ0) is 35.1. The fourth-order valence-corrected chi connectivity index (χ4v) is 6.81. The molecule has 0 aromatic heterocycles. The third-order valence-corrected chi connectivity index (χ3v) is 9.90. The Bertz CT molecular complexity index is 1810. The Labute approximate surface area is 292 Å². The minimum absolute atomic E-state index is 0.0152. The van der Waals surface area contributed by atoms with Crippen molar-refractivity contribution in [3.63, 3.8) is 0 Å². The molecule has 0 radical (unpaired) electrons. The van der Waals surface area contributed by atoms with Gasteiger partial charge in [0.2, 0.25) is 11.8 Å². The number of aryl methyl sites for hydroxylation is 1. The van der Waals surface area contributed by atoms with E-state index in [1.807, 2.05) is 82.3 Å². The van der Waals surface area contributed by atoms with Crippen LogP contribution in [-0.2, 0) is 32.6 Å². The molecule has 0 heterocycles. The summed E-state index contributed by atoms with van der Waals surface area (Å²) < 4.78 is 41.5. The number of carbonyl (C=O) groups is 2. The maximum absolute atomic E-state index is 14.7. The predicted octanol–water partition coefficient (Wildman–Crippen LogP) is 6.52. The molecule has 254 valence electrons. The maximum atomic E-state index is 14.7. The summed E-state index contributed by atoms with van der Waals surface area (Å²) in [4.78, 5) is 30.2. The zero-order valence-electron chi connectivity index (χ0n) is 28.1. The monoisotopic (exact) mass is 735 g/mol. The Balaban J connectivity index is 1.85. The second kappa shape index (κ2) is 15.7. The Hall–Kier alpha value is -4.35. The number of carbonyl (C=O) groups excluding carboxylic acids is 2. The van der Waals surface area contributed by atoms with Crippen LogP contribution in [0.5, 0.6) is 11.5 Å². The topological polar surface area (TPSA) is 105 Å². The van der Waals surface area contributed by atoms with Crippen molar-refractivity contribution in [3.05, 3.63) is 118 Å². The molecular weight excluding hydrogens is 694 g/mol. The summed E-state index contributed by atoms with van der Waals surface area (Å²) in [6.07, 6.45) is 0.214. The molecule has 1 N–H and O–H groups in total. The number of methoxy groups -OCH3 is 2. The molecule has 0 spiro atoms. The first-order chi connectivity index (χ1) is 22.7. The number of amides is 2. The highest BCUT2D eigenvalue weighted by Crippen LogP contribution is 2.34. The van der Waals surface area contributed by atoms with Gasteiger partial charge in [-0.1, -0.05) is 76.1 Å². The lowest BCUT2D eigenvalue weighted by Gasteiger charge is -2.35. The quantitative estimate of drug-likeness (QED) is 0.168. The molecule has 0 saturated heterocycles. The Kier molecular flexibility index (Phi) is 11.9. The standard InChI is InChI=1S/C37H42BrN3O6S/c1-26-12-19-31(20-13-26)48(44,45)41(30-18-21-33(46-5)34(23-30)47-6)25-35(42)40(24-28-14-16-29(38)17-15-28)32(36(43)39-37(2,3)4)22-27-10-8-7-9-11-27/h7-21,23,32H,22,24-25H2,1-6H3,(H,39,43)/t32-/m1/s1. The number of rotatable bonds is 13. The molecule has 0 saturated carbocycles. The van der Waals surface area contributed by atoms with Gasteiger partial charge in [0.25, 0.3) is 10.0 Å². The van der Waals surface area contributed by atoms with Gasteiger partial charge in [0.05, 0.1) is 24.8 Å². The summed E-state index contributed by atoms with van der Waals surface area (Å²) in [5.74, 6) is -0.215. The largest absolute Gasteiger partial charge is 0.493 e. The van der Waals surface area contributed by atoms with Gasteiger partial charge in [-0.25, -0.2) is 8.42 Å². The first-order valence-electron chi connectivity index (χ1n) is 15.4. The number of sulfonamides is 1. The van der Waals surface area contributed by atoms with Gasteiger partial charge in [0.15, 0.2) is 11.5 Å². The number of nitrogens with zero attached hydrogens (tertiary/aromatic N) is 2. The molecule has 11 heteroatoms. The van der Waals surface area contributed by atoms with Crippen LogP contribution in [0.25, 0.3) is 0 Å². The normalized spacial score (nSPS) is 12.1. The number of anilines is 1. The summed E-state index contributed by atoms with van der Waals surface area (Å²) in [6, 6.07) is 27.0. The Morgan fingerprint density at radius 3 is 2.04 bits per heavy atom. The van der Waals surface area contributed by atoms with Crippen molar-refractivity contribution in [2.24, 2.45) is 0 Å². The van der Waals surface area contributed by atoms with Crippen LogP contribution in [0.2, 0.25) is 0 Å². The van der Waals surface area contributed by atoms with Gasteiger partial charge in [0, 0.05) is 29.0 Å². The molecular formula is C37H42BrN3O6S. The van der Waals surface area contributed by atoms with Gasteiger partial charge in [-0.05, 0) is 75.2 Å². The van der Waals surface area contributed by atoms with Crippen LogP contribution in [-0.4, -0.2) is 57.5 Å². The number of hydrogen-bond acceptors (Lipinski definition) is 6. The molecule has 4 aromatic carbocycles. The summed E-state index contributed by atoms with van der Waals surface area (Å²) in [5.41, 5.74) is 2.12. The van der Waals surface area contributed by atoms with Crippen LogP contribution in [0.3, 0.4) is 0 Å². The SMILES string of the molecule is COc1ccc(N(CC(=O)N(Cc2ccc(Br)cc2)[C@H](Cc2ccccc2)C(=O)NC(C)(C)C)S(=O)(=O)c2ccc(C)cc2)cc1OC. The Morgan fingerprint density at radius 1 is 0.833 bits per heavy atom. The summed E-state index contributed by atoms with van der Waals surface area (Å²) in [5, 5.41) is 3.04. The highest BCUT2D eigenvalue weighted by Gasteiger charge is 2.36. The van der Waals surface area contributed by atoms with Gasteiger partial charge in [-0.15, -0.1) is 0 Å². The minimum Gasteiger partial charge on any atom is -0.493 e. The van der Waals surface area contributed by atoms with Crippen molar-refractivity contribution in [3.8, 4) is 11.5 Å². The number of benzene rings is 4. The summed E-state index contributed by atoms with van der Waals surface area (Å²) in [7, 11) is -1.34. The molecule has 0 aliphatic carbocycles. The predicted molar refractivity (Wildman–Crippen MR) is 192 cm³/mol. The van der Waals surface area contributed by atoms with Gasteiger partial charge in [-0.3, -0.25) is 13.9 Å². The van der Waals surface area contributed by atoms with Crippen molar-refractivity contribution in [2.45, 2.75) is 57.1 Å². The van der Waals surface area contributed by atoms with Crippen molar-refractivity contribution in [1.82, 2.24) is 10.2 Å². The van der Waals surface area contributed by atoms with Gasteiger partial charge < -0.3 is 19.7 Å². The lowest BCUT2D eigenvalue weighted by molar-refractivity contribution is -0.140. The van der Waals surface area contributed by atoms with E-state index >= 15 is 0 Å². The van der Waals surface area contributed by atoms with Crippen LogP contribution < -0.4 is 19.1 Å². The summed E-state index contributed by atoms with van der Waals surface area (Å²) in [6.45, 7) is 6.96. The van der Waals surface area contributed by atoms with Crippen molar-refractivity contribution in [1.29, 1.82) is 0 Å². The molecule has 0 aliphatic rings. The second-order valence-electron chi connectivity index (χ2n) is 12.5. The molecule has 48 heavy (non-hydrogen) atoms. The molecule has 0 fully saturated rings. The first kappa shape index (κ1) is 36.5. The van der Waals surface area contributed by atoms with E-state index < -0.39 is 34.1 Å². The van der Waals surface area contributed by atoms with E-state index in [1.165, 1.54) is 37.3 Å². The van der Waals surface area contributed by atoms with Crippen LogP contribution in [0.15, 0.2) is 106 Å². The lowest BCUT2D eigenvalue weighted by atomic mass is 10.0. The van der Waals surface area contributed by atoms with E-state index in [9.17, 15) is 18.0 Å². The minimum atomic E-state index is -4.27. The van der Waals surface area contributed by atoms with E-state index in [4.69, 9.17) is 9.47 Å². The van der Waals surface area contributed by atoms with Crippen LogP contribution in [0.4, 0.5) is 5.69 Å². The smallest absolute Gasteiger partial charge is 0.264 e.